The summed E-state index contributed by atoms with van der Waals surface area (Å²) in [6.07, 6.45) is 4.55. The van der Waals surface area contributed by atoms with Crippen LogP contribution in [-0.4, -0.2) is 32.8 Å². The summed E-state index contributed by atoms with van der Waals surface area (Å²) < 4.78 is 1.90. The molecule has 19 heavy (non-hydrogen) atoms. The van der Waals surface area contributed by atoms with E-state index in [1.807, 2.05) is 37.0 Å². The molecule has 6 heteroatoms. The summed E-state index contributed by atoms with van der Waals surface area (Å²) in [5, 5.41) is 10.6. The molecule has 2 rings (SSSR count). The van der Waals surface area contributed by atoms with Gasteiger partial charge in [0.2, 0.25) is 0 Å². The number of hydrogen-bond donors (Lipinski definition) is 2. The molecule has 2 heterocycles. The van der Waals surface area contributed by atoms with Crippen LogP contribution in [0.5, 0.6) is 0 Å². The molecule has 2 aromatic rings. The minimum atomic E-state index is 0.240. The summed E-state index contributed by atoms with van der Waals surface area (Å²) >= 11 is 0. The minimum Gasteiger partial charge on any atom is -0.373 e. The molecule has 0 spiro atoms. The molecular weight excluding hydrogens is 240 g/mol. The molecule has 2 N–H and O–H groups in total. The fourth-order valence-corrected chi connectivity index (χ4v) is 1.84. The van der Waals surface area contributed by atoms with Crippen LogP contribution in [0.2, 0.25) is 0 Å². The molecule has 0 aliphatic rings. The van der Waals surface area contributed by atoms with Gasteiger partial charge in [-0.05, 0) is 13.0 Å². The summed E-state index contributed by atoms with van der Waals surface area (Å²) in [7, 11) is 1.86. The Bertz CT molecular complexity index is 486. The van der Waals surface area contributed by atoms with Crippen molar-refractivity contribution in [1.82, 2.24) is 19.7 Å². The summed E-state index contributed by atoms with van der Waals surface area (Å²) in [6, 6.07) is 4.08. The van der Waals surface area contributed by atoms with E-state index < -0.39 is 0 Å². The second-order valence-electron chi connectivity index (χ2n) is 4.43. The maximum Gasteiger partial charge on any atom is 0.132 e. The van der Waals surface area contributed by atoms with Crippen molar-refractivity contribution in [3.05, 3.63) is 30.4 Å². The lowest BCUT2D eigenvalue weighted by atomic mass is 10.3. The summed E-state index contributed by atoms with van der Waals surface area (Å²) in [5.41, 5.74) is 0. The van der Waals surface area contributed by atoms with E-state index in [2.05, 4.69) is 32.6 Å². The van der Waals surface area contributed by atoms with E-state index >= 15 is 0 Å². The van der Waals surface area contributed by atoms with Crippen molar-refractivity contribution in [3.63, 3.8) is 0 Å². The summed E-state index contributed by atoms with van der Waals surface area (Å²) in [4.78, 5) is 8.85. The highest BCUT2D eigenvalue weighted by Gasteiger charge is 2.07. The molecule has 1 unspecified atom stereocenters. The lowest BCUT2D eigenvalue weighted by molar-refractivity contribution is 0.559. The molecule has 102 valence electrons. The average molecular weight is 260 g/mol. The molecule has 0 saturated carbocycles. The Kier molecular flexibility index (Phi) is 4.33. The van der Waals surface area contributed by atoms with Gasteiger partial charge in [0.1, 0.15) is 17.5 Å². The Hall–Kier alpha value is -2.11. The van der Waals surface area contributed by atoms with Crippen LogP contribution >= 0.6 is 0 Å². The van der Waals surface area contributed by atoms with Crippen molar-refractivity contribution in [2.45, 2.75) is 32.9 Å². The topological polar surface area (TPSA) is 67.7 Å². The van der Waals surface area contributed by atoms with Gasteiger partial charge in [0.15, 0.2) is 0 Å². The number of nitrogens with zero attached hydrogens (tertiary/aromatic N) is 4. The quantitative estimate of drug-likeness (QED) is 0.828. The first-order valence-electron chi connectivity index (χ1n) is 6.51. The Balaban J connectivity index is 2.05. The van der Waals surface area contributed by atoms with Crippen molar-refractivity contribution in [1.29, 1.82) is 0 Å². The zero-order chi connectivity index (χ0) is 13.7. The number of aromatic nitrogens is 4. The second kappa shape index (κ2) is 6.17. The third kappa shape index (κ3) is 3.67. The van der Waals surface area contributed by atoms with Crippen LogP contribution in [0.4, 0.5) is 11.6 Å². The summed E-state index contributed by atoms with van der Waals surface area (Å²) in [6.45, 7) is 4.95. The fourth-order valence-electron chi connectivity index (χ4n) is 1.84. The molecule has 1 atom stereocenters. The fraction of sp³-hybridized carbons (Fsp3) is 0.462. The van der Waals surface area contributed by atoms with Crippen LogP contribution in [0.15, 0.2) is 24.5 Å². The van der Waals surface area contributed by atoms with Gasteiger partial charge in [-0.2, -0.15) is 5.10 Å². The van der Waals surface area contributed by atoms with Gasteiger partial charge < -0.3 is 10.6 Å². The van der Waals surface area contributed by atoms with Gasteiger partial charge >= 0.3 is 0 Å². The van der Waals surface area contributed by atoms with Crippen LogP contribution in [0, 0.1) is 0 Å². The standard InChI is InChI=1S/C13H20N6/c1-4-11-17-12(14-3)8-13(18-11)16-10(2)9-19-7-5-6-15-19/h5-8,10H,4,9H2,1-3H3,(H2,14,16,17,18). The van der Waals surface area contributed by atoms with Crippen LogP contribution in [0.1, 0.15) is 19.7 Å². The lowest BCUT2D eigenvalue weighted by Gasteiger charge is -2.15. The largest absolute Gasteiger partial charge is 0.373 e. The highest BCUT2D eigenvalue weighted by Crippen LogP contribution is 2.12. The van der Waals surface area contributed by atoms with Crippen LogP contribution in [0.25, 0.3) is 0 Å². The zero-order valence-electron chi connectivity index (χ0n) is 11.6. The van der Waals surface area contributed by atoms with Crippen molar-refractivity contribution < 1.29 is 0 Å². The number of rotatable bonds is 6. The highest BCUT2D eigenvalue weighted by atomic mass is 15.3. The maximum atomic E-state index is 4.48. The first-order chi connectivity index (χ1) is 9.21. The Labute approximate surface area is 113 Å². The van der Waals surface area contributed by atoms with E-state index in [0.29, 0.717) is 0 Å². The molecule has 0 radical (unpaired) electrons. The van der Waals surface area contributed by atoms with E-state index in [1.165, 1.54) is 0 Å². The smallest absolute Gasteiger partial charge is 0.132 e. The Morgan fingerprint density at radius 2 is 2.11 bits per heavy atom. The zero-order valence-corrected chi connectivity index (χ0v) is 11.6. The SMILES string of the molecule is CCc1nc(NC)cc(NC(C)Cn2cccn2)n1. The molecular formula is C13H20N6. The van der Waals surface area contributed by atoms with Gasteiger partial charge in [0, 0.05) is 38.0 Å². The molecule has 0 aromatic carbocycles. The van der Waals surface area contributed by atoms with Gasteiger partial charge in [-0.3, -0.25) is 4.68 Å². The molecule has 0 bridgehead atoms. The van der Waals surface area contributed by atoms with Crippen molar-refractivity contribution in [2.75, 3.05) is 17.7 Å². The van der Waals surface area contributed by atoms with E-state index in [1.54, 1.807) is 6.20 Å². The molecule has 0 amide bonds. The van der Waals surface area contributed by atoms with Gasteiger partial charge in [0.25, 0.3) is 0 Å². The first-order valence-corrected chi connectivity index (χ1v) is 6.51. The van der Waals surface area contributed by atoms with Crippen LogP contribution in [-0.2, 0) is 13.0 Å². The maximum absolute atomic E-state index is 4.48. The monoisotopic (exact) mass is 260 g/mol. The van der Waals surface area contributed by atoms with Crippen LogP contribution < -0.4 is 10.6 Å². The molecule has 0 fully saturated rings. The molecule has 0 saturated heterocycles. The van der Waals surface area contributed by atoms with E-state index in [9.17, 15) is 0 Å². The van der Waals surface area contributed by atoms with Crippen molar-refractivity contribution >= 4 is 11.6 Å². The predicted molar refractivity (Wildman–Crippen MR) is 76.3 cm³/mol. The van der Waals surface area contributed by atoms with Gasteiger partial charge in [0.05, 0.1) is 6.54 Å². The van der Waals surface area contributed by atoms with Gasteiger partial charge in [-0.15, -0.1) is 0 Å². The number of anilines is 2. The minimum absolute atomic E-state index is 0.240. The van der Waals surface area contributed by atoms with E-state index in [0.717, 1.165) is 30.4 Å². The Morgan fingerprint density at radius 1 is 1.32 bits per heavy atom. The van der Waals surface area contributed by atoms with Gasteiger partial charge in [-0.25, -0.2) is 9.97 Å². The third-order valence-corrected chi connectivity index (χ3v) is 2.76. The predicted octanol–water partition coefficient (Wildman–Crippen LogP) is 1.78. The second-order valence-corrected chi connectivity index (χ2v) is 4.43. The van der Waals surface area contributed by atoms with Crippen LogP contribution in [0.3, 0.4) is 0 Å². The third-order valence-electron chi connectivity index (χ3n) is 2.76. The normalized spacial score (nSPS) is 12.2. The van der Waals surface area contributed by atoms with Crippen molar-refractivity contribution in [2.24, 2.45) is 0 Å². The molecule has 2 aromatic heterocycles. The average Bonchev–Trinajstić information content (AvgIpc) is 2.90. The molecule has 0 aliphatic carbocycles. The van der Waals surface area contributed by atoms with E-state index in [-0.39, 0.29) is 6.04 Å². The molecule has 0 aliphatic heterocycles. The number of aryl methyl sites for hydroxylation is 1. The molecule has 6 nitrogen and oxygen atoms in total. The van der Waals surface area contributed by atoms with Crippen molar-refractivity contribution in [3.8, 4) is 0 Å². The summed E-state index contributed by atoms with van der Waals surface area (Å²) in [5.74, 6) is 2.51. The Morgan fingerprint density at radius 3 is 2.74 bits per heavy atom. The lowest BCUT2D eigenvalue weighted by Crippen LogP contribution is -2.23. The highest BCUT2D eigenvalue weighted by molar-refractivity contribution is 5.47. The van der Waals surface area contributed by atoms with Gasteiger partial charge in [-0.1, -0.05) is 6.92 Å². The number of hydrogen-bond acceptors (Lipinski definition) is 5. The number of nitrogens with one attached hydrogen (secondary N) is 2. The van der Waals surface area contributed by atoms with E-state index in [4.69, 9.17) is 0 Å². The first kappa shape index (κ1) is 13.3.